The van der Waals surface area contributed by atoms with E-state index >= 15 is 0 Å². The summed E-state index contributed by atoms with van der Waals surface area (Å²) < 4.78 is 5.36. The summed E-state index contributed by atoms with van der Waals surface area (Å²) in [5.41, 5.74) is 2.58. The van der Waals surface area contributed by atoms with Crippen LogP contribution in [0.3, 0.4) is 0 Å². The summed E-state index contributed by atoms with van der Waals surface area (Å²) in [6.07, 6.45) is 4.39. The zero-order chi connectivity index (χ0) is 12.9. The van der Waals surface area contributed by atoms with Gasteiger partial charge in [-0.3, -0.25) is 4.90 Å². The van der Waals surface area contributed by atoms with E-state index in [0.29, 0.717) is 0 Å². The molecule has 1 aromatic carbocycles. The minimum atomic E-state index is 0.740. The Kier molecular flexibility index (Phi) is 3.84. The van der Waals surface area contributed by atoms with Gasteiger partial charge in [0, 0.05) is 12.2 Å². The summed E-state index contributed by atoms with van der Waals surface area (Å²) in [5.74, 6) is 0.968. The lowest BCUT2D eigenvalue weighted by molar-refractivity contribution is 0.332. The molecule has 19 heavy (non-hydrogen) atoms. The second-order valence-corrected chi connectivity index (χ2v) is 5.07. The highest BCUT2D eigenvalue weighted by Crippen LogP contribution is 2.20. The molecule has 0 aliphatic carbocycles. The van der Waals surface area contributed by atoms with Crippen LogP contribution in [0.4, 0.5) is 5.69 Å². The fourth-order valence-electron chi connectivity index (χ4n) is 2.61. The first-order chi connectivity index (χ1) is 9.42. The second kappa shape index (κ2) is 5.93. The van der Waals surface area contributed by atoms with Gasteiger partial charge < -0.3 is 9.73 Å². The average molecular weight is 256 g/mol. The Morgan fingerprint density at radius 3 is 2.68 bits per heavy atom. The molecule has 2 aromatic rings. The predicted octanol–water partition coefficient (Wildman–Crippen LogP) is 3.49. The molecule has 0 unspecified atom stereocenters. The first kappa shape index (κ1) is 12.3. The molecule has 0 atom stereocenters. The number of benzene rings is 1. The van der Waals surface area contributed by atoms with Gasteiger partial charge in [0.05, 0.1) is 12.8 Å². The normalized spacial score (nSPS) is 15.8. The number of likely N-dealkylation sites (tertiary alicyclic amines) is 1. The molecule has 100 valence electrons. The lowest BCUT2D eigenvalue weighted by Crippen LogP contribution is -2.19. The topological polar surface area (TPSA) is 28.4 Å². The SMILES string of the molecule is c1coc(CNc2ccccc2CN2CCCC2)c1. The Bertz CT molecular complexity index is 501. The second-order valence-electron chi connectivity index (χ2n) is 5.07. The maximum atomic E-state index is 5.36. The highest BCUT2D eigenvalue weighted by molar-refractivity contribution is 5.51. The Morgan fingerprint density at radius 1 is 1.05 bits per heavy atom. The lowest BCUT2D eigenvalue weighted by Gasteiger charge is -2.18. The Hall–Kier alpha value is -1.74. The summed E-state index contributed by atoms with van der Waals surface area (Å²) in [4.78, 5) is 2.52. The molecule has 0 saturated carbocycles. The van der Waals surface area contributed by atoms with E-state index in [9.17, 15) is 0 Å². The van der Waals surface area contributed by atoms with Gasteiger partial charge in [-0.25, -0.2) is 0 Å². The van der Waals surface area contributed by atoms with Gasteiger partial charge in [0.25, 0.3) is 0 Å². The number of anilines is 1. The van der Waals surface area contributed by atoms with E-state index in [2.05, 4.69) is 34.5 Å². The van der Waals surface area contributed by atoms with Crippen molar-refractivity contribution in [2.24, 2.45) is 0 Å². The Labute approximate surface area is 114 Å². The fraction of sp³-hybridized carbons (Fsp3) is 0.375. The third-order valence-corrected chi connectivity index (χ3v) is 3.64. The van der Waals surface area contributed by atoms with E-state index in [1.54, 1.807) is 6.26 Å². The van der Waals surface area contributed by atoms with Crippen molar-refractivity contribution < 1.29 is 4.42 Å². The van der Waals surface area contributed by atoms with E-state index in [0.717, 1.165) is 18.8 Å². The summed E-state index contributed by atoms with van der Waals surface area (Å²) in [5, 5.41) is 3.47. The molecule has 0 radical (unpaired) electrons. The van der Waals surface area contributed by atoms with Crippen molar-refractivity contribution in [1.82, 2.24) is 4.90 Å². The number of nitrogens with zero attached hydrogens (tertiary/aromatic N) is 1. The molecule has 1 saturated heterocycles. The highest BCUT2D eigenvalue weighted by atomic mass is 16.3. The highest BCUT2D eigenvalue weighted by Gasteiger charge is 2.13. The first-order valence-corrected chi connectivity index (χ1v) is 6.98. The van der Waals surface area contributed by atoms with Crippen LogP contribution in [0.1, 0.15) is 24.2 Å². The van der Waals surface area contributed by atoms with E-state index in [1.807, 2.05) is 12.1 Å². The van der Waals surface area contributed by atoms with Crippen LogP contribution in [0.25, 0.3) is 0 Å². The van der Waals surface area contributed by atoms with Crippen molar-refractivity contribution in [3.63, 3.8) is 0 Å². The maximum absolute atomic E-state index is 5.36. The van der Waals surface area contributed by atoms with Crippen LogP contribution in [-0.2, 0) is 13.1 Å². The molecule has 3 heteroatoms. The number of furan rings is 1. The molecule has 0 amide bonds. The average Bonchev–Trinajstić information content (AvgIpc) is 3.10. The van der Waals surface area contributed by atoms with Crippen LogP contribution in [-0.4, -0.2) is 18.0 Å². The lowest BCUT2D eigenvalue weighted by atomic mass is 10.1. The van der Waals surface area contributed by atoms with Gasteiger partial charge >= 0.3 is 0 Å². The van der Waals surface area contributed by atoms with Crippen molar-refractivity contribution in [1.29, 1.82) is 0 Å². The summed E-state index contributed by atoms with van der Waals surface area (Å²) in [6, 6.07) is 12.5. The summed E-state index contributed by atoms with van der Waals surface area (Å²) in [6.45, 7) is 4.24. The van der Waals surface area contributed by atoms with Gasteiger partial charge in [0.15, 0.2) is 0 Å². The van der Waals surface area contributed by atoms with E-state index in [-0.39, 0.29) is 0 Å². The van der Waals surface area contributed by atoms with E-state index in [4.69, 9.17) is 4.42 Å². The molecule has 2 heterocycles. The molecule has 1 aliphatic rings. The standard InChI is InChI=1S/C16H20N2O/c1-2-8-16(17-12-15-7-5-11-19-15)14(6-1)13-18-9-3-4-10-18/h1-2,5-8,11,17H,3-4,9-10,12-13H2. The van der Waals surface area contributed by atoms with Crippen molar-refractivity contribution in [2.75, 3.05) is 18.4 Å². The van der Waals surface area contributed by atoms with Crippen LogP contribution < -0.4 is 5.32 Å². The van der Waals surface area contributed by atoms with Crippen LogP contribution in [0.2, 0.25) is 0 Å². The molecular weight excluding hydrogens is 236 g/mol. The molecule has 1 fully saturated rings. The van der Waals surface area contributed by atoms with Gasteiger partial charge in [-0.2, -0.15) is 0 Å². The largest absolute Gasteiger partial charge is 0.467 e. The first-order valence-electron chi connectivity index (χ1n) is 6.98. The zero-order valence-corrected chi connectivity index (χ0v) is 11.1. The van der Waals surface area contributed by atoms with Gasteiger partial charge in [0.1, 0.15) is 5.76 Å². The molecule has 1 N–H and O–H groups in total. The monoisotopic (exact) mass is 256 g/mol. The smallest absolute Gasteiger partial charge is 0.122 e. The van der Waals surface area contributed by atoms with Gasteiger partial charge in [0.2, 0.25) is 0 Å². The fourth-order valence-corrected chi connectivity index (χ4v) is 2.61. The third kappa shape index (κ3) is 3.18. The molecule has 3 nitrogen and oxygen atoms in total. The third-order valence-electron chi connectivity index (χ3n) is 3.64. The Balaban J connectivity index is 1.66. The molecule has 0 spiro atoms. The van der Waals surface area contributed by atoms with Crippen molar-refractivity contribution in [3.05, 3.63) is 54.0 Å². The van der Waals surface area contributed by atoms with Gasteiger partial charge in [-0.15, -0.1) is 0 Å². The number of nitrogens with one attached hydrogen (secondary N) is 1. The van der Waals surface area contributed by atoms with E-state index in [1.165, 1.54) is 37.2 Å². The predicted molar refractivity (Wildman–Crippen MR) is 77.0 cm³/mol. The van der Waals surface area contributed by atoms with Gasteiger partial charge in [-0.05, 0) is 49.7 Å². The van der Waals surface area contributed by atoms with Crippen LogP contribution in [0, 0.1) is 0 Å². The quantitative estimate of drug-likeness (QED) is 0.887. The van der Waals surface area contributed by atoms with Crippen LogP contribution >= 0.6 is 0 Å². The molecule has 1 aromatic heterocycles. The van der Waals surface area contributed by atoms with Crippen LogP contribution in [0.5, 0.6) is 0 Å². The van der Waals surface area contributed by atoms with Crippen molar-refractivity contribution in [2.45, 2.75) is 25.9 Å². The van der Waals surface area contributed by atoms with Crippen molar-refractivity contribution >= 4 is 5.69 Å². The van der Waals surface area contributed by atoms with Gasteiger partial charge in [-0.1, -0.05) is 18.2 Å². The zero-order valence-electron chi connectivity index (χ0n) is 11.1. The maximum Gasteiger partial charge on any atom is 0.122 e. The minimum Gasteiger partial charge on any atom is -0.467 e. The summed E-state index contributed by atoms with van der Waals surface area (Å²) >= 11 is 0. The van der Waals surface area contributed by atoms with Crippen molar-refractivity contribution in [3.8, 4) is 0 Å². The number of hydrogen-bond donors (Lipinski definition) is 1. The minimum absolute atomic E-state index is 0.740. The number of para-hydroxylation sites is 1. The van der Waals surface area contributed by atoms with Crippen LogP contribution in [0.15, 0.2) is 47.1 Å². The number of hydrogen-bond acceptors (Lipinski definition) is 3. The molecular formula is C16H20N2O. The van der Waals surface area contributed by atoms with E-state index < -0.39 is 0 Å². The molecule has 3 rings (SSSR count). The summed E-state index contributed by atoms with van der Waals surface area (Å²) in [7, 11) is 0. The Morgan fingerprint density at radius 2 is 1.89 bits per heavy atom. The number of rotatable bonds is 5. The molecule has 0 bridgehead atoms. The molecule has 1 aliphatic heterocycles.